The quantitative estimate of drug-likeness (QED) is 0.711. The van der Waals surface area contributed by atoms with Crippen LogP contribution in [0.2, 0.25) is 0 Å². The highest BCUT2D eigenvalue weighted by Crippen LogP contribution is 2.25. The van der Waals surface area contributed by atoms with Gasteiger partial charge in [0.1, 0.15) is 6.04 Å². The zero-order valence-corrected chi connectivity index (χ0v) is 10.2. The van der Waals surface area contributed by atoms with Crippen LogP contribution < -0.4 is 5.73 Å². The largest absolute Gasteiger partial charge is 0.480 e. The summed E-state index contributed by atoms with van der Waals surface area (Å²) in [5.74, 6) is -0.735. The summed E-state index contributed by atoms with van der Waals surface area (Å²) < 4.78 is 0.828. The van der Waals surface area contributed by atoms with E-state index in [0.29, 0.717) is 0 Å². The Labute approximate surface area is 100 Å². The van der Waals surface area contributed by atoms with Crippen molar-refractivity contribution in [2.75, 3.05) is 5.75 Å². The van der Waals surface area contributed by atoms with Crippen LogP contribution in [0.1, 0.15) is 0 Å². The molecule has 1 rings (SSSR count). The summed E-state index contributed by atoms with van der Waals surface area (Å²) in [6.45, 7) is 0. The fourth-order valence-corrected chi connectivity index (χ4v) is 2.52. The van der Waals surface area contributed by atoms with E-state index in [-0.39, 0.29) is 11.0 Å². The number of nitrogens with two attached hydrogens (primary N) is 1. The number of rotatable bonds is 4. The van der Waals surface area contributed by atoms with Gasteiger partial charge in [0, 0.05) is 10.2 Å². The van der Waals surface area contributed by atoms with E-state index in [9.17, 15) is 9.90 Å². The van der Waals surface area contributed by atoms with Gasteiger partial charge < -0.3 is 15.9 Å². The van der Waals surface area contributed by atoms with Gasteiger partial charge in [-0.15, -0.1) is 11.8 Å². The molecule has 1 aliphatic rings. The molecular formula is C9H12BrNO3S. The molecule has 0 heterocycles. The van der Waals surface area contributed by atoms with Crippen LogP contribution in [-0.2, 0) is 4.79 Å². The Morgan fingerprint density at radius 1 is 1.73 bits per heavy atom. The van der Waals surface area contributed by atoms with Crippen LogP contribution in [0.4, 0.5) is 0 Å². The maximum Gasteiger partial charge on any atom is 0.321 e. The predicted octanol–water partition coefficient (Wildman–Crippen LogP) is 0.710. The maximum atomic E-state index is 10.5. The van der Waals surface area contributed by atoms with E-state index < -0.39 is 18.1 Å². The molecule has 4 N–H and O–H groups in total. The lowest BCUT2D eigenvalue weighted by Crippen LogP contribution is -2.34. The molecule has 84 valence electrons. The number of carbonyl (C=O) groups is 1. The summed E-state index contributed by atoms with van der Waals surface area (Å²) in [5.41, 5.74) is 5.36. The van der Waals surface area contributed by atoms with Crippen molar-refractivity contribution < 1.29 is 15.0 Å². The molecule has 0 aromatic heterocycles. The number of carboxylic acids is 1. The summed E-state index contributed by atoms with van der Waals surface area (Å²) >= 11 is 4.58. The molecule has 0 radical (unpaired) electrons. The Kier molecular flexibility index (Phi) is 4.85. The third-order valence-corrected chi connectivity index (χ3v) is 3.80. The number of aliphatic hydroxyl groups is 1. The highest BCUT2D eigenvalue weighted by atomic mass is 79.9. The standard InChI is InChI=1S/C9H12BrNO3S/c10-5-1-2-8(7(12)3-5)15-4-6(11)9(13)14/h1-3,6-8,12H,4,11H2,(H,13,14). The van der Waals surface area contributed by atoms with Crippen LogP contribution in [0, 0.1) is 0 Å². The molecule has 0 saturated heterocycles. The summed E-state index contributed by atoms with van der Waals surface area (Å²) in [6, 6.07) is -0.884. The SMILES string of the molecule is NC(CSC1C=CC(Br)=CC1O)C(=O)O. The number of thioether (sulfide) groups is 1. The van der Waals surface area contributed by atoms with Crippen molar-refractivity contribution in [2.24, 2.45) is 5.73 Å². The number of carboxylic acid groups (broad SMARTS) is 1. The Morgan fingerprint density at radius 3 is 2.93 bits per heavy atom. The zero-order chi connectivity index (χ0) is 11.4. The second kappa shape index (κ2) is 5.69. The molecule has 0 aliphatic heterocycles. The molecule has 15 heavy (non-hydrogen) atoms. The molecule has 3 atom stereocenters. The molecule has 0 fully saturated rings. The van der Waals surface area contributed by atoms with Crippen molar-refractivity contribution >= 4 is 33.7 Å². The molecule has 1 aliphatic carbocycles. The number of aliphatic hydroxyl groups excluding tert-OH is 1. The van der Waals surface area contributed by atoms with E-state index >= 15 is 0 Å². The van der Waals surface area contributed by atoms with Crippen LogP contribution in [0.3, 0.4) is 0 Å². The van der Waals surface area contributed by atoms with Crippen molar-refractivity contribution in [3.05, 3.63) is 22.7 Å². The zero-order valence-electron chi connectivity index (χ0n) is 7.84. The molecule has 6 heteroatoms. The first kappa shape index (κ1) is 12.8. The lowest BCUT2D eigenvalue weighted by molar-refractivity contribution is -0.137. The van der Waals surface area contributed by atoms with Crippen LogP contribution in [0.15, 0.2) is 22.7 Å². The van der Waals surface area contributed by atoms with E-state index in [4.69, 9.17) is 10.8 Å². The summed E-state index contributed by atoms with van der Waals surface area (Å²) in [4.78, 5) is 10.5. The fraction of sp³-hybridized carbons (Fsp3) is 0.444. The van der Waals surface area contributed by atoms with Crippen molar-refractivity contribution in [3.63, 3.8) is 0 Å². The van der Waals surface area contributed by atoms with E-state index in [2.05, 4.69) is 15.9 Å². The average Bonchev–Trinajstić information content (AvgIpc) is 2.15. The molecule has 0 aromatic carbocycles. The molecule has 4 nitrogen and oxygen atoms in total. The summed E-state index contributed by atoms with van der Waals surface area (Å²) in [6.07, 6.45) is 4.73. The van der Waals surface area contributed by atoms with Gasteiger partial charge in [0.25, 0.3) is 0 Å². The van der Waals surface area contributed by atoms with Crippen molar-refractivity contribution in [2.45, 2.75) is 17.4 Å². The van der Waals surface area contributed by atoms with E-state index in [1.807, 2.05) is 12.2 Å². The molecule has 0 saturated carbocycles. The van der Waals surface area contributed by atoms with Crippen LogP contribution in [0.25, 0.3) is 0 Å². The minimum absolute atomic E-state index is 0.128. The lowest BCUT2D eigenvalue weighted by atomic mass is 10.1. The molecule has 0 spiro atoms. The van der Waals surface area contributed by atoms with Gasteiger partial charge in [-0.05, 0) is 6.08 Å². The molecule has 0 bridgehead atoms. The Balaban J connectivity index is 2.41. The van der Waals surface area contributed by atoms with Gasteiger partial charge >= 0.3 is 5.97 Å². The first-order chi connectivity index (χ1) is 7.00. The fourth-order valence-electron chi connectivity index (χ4n) is 1.05. The highest BCUT2D eigenvalue weighted by molar-refractivity contribution is 9.11. The third-order valence-electron chi connectivity index (χ3n) is 1.90. The van der Waals surface area contributed by atoms with Crippen LogP contribution in [0.5, 0.6) is 0 Å². The van der Waals surface area contributed by atoms with Gasteiger partial charge in [-0.2, -0.15) is 0 Å². The average molecular weight is 294 g/mol. The minimum Gasteiger partial charge on any atom is -0.480 e. The first-order valence-corrected chi connectivity index (χ1v) is 6.18. The van der Waals surface area contributed by atoms with Gasteiger partial charge in [0.15, 0.2) is 0 Å². The van der Waals surface area contributed by atoms with Gasteiger partial charge in [-0.1, -0.05) is 28.1 Å². The summed E-state index contributed by atoms with van der Waals surface area (Å²) in [5, 5.41) is 18.1. The normalized spacial score (nSPS) is 27.3. The van der Waals surface area contributed by atoms with Gasteiger partial charge in [-0.3, -0.25) is 4.79 Å². The Bertz CT molecular complexity index is 306. The van der Waals surface area contributed by atoms with E-state index in [0.717, 1.165) is 4.48 Å². The smallest absolute Gasteiger partial charge is 0.321 e. The van der Waals surface area contributed by atoms with Gasteiger partial charge in [-0.25, -0.2) is 0 Å². The van der Waals surface area contributed by atoms with Crippen molar-refractivity contribution in [3.8, 4) is 0 Å². The second-order valence-electron chi connectivity index (χ2n) is 3.14. The number of halogens is 1. The highest BCUT2D eigenvalue weighted by Gasteiger charge is 2.21. The predicted molar refractivity (Wildman–Crippen MR) is 64.0 cm³/mol. The first-order valence-electron chi connectivity index (χ1n) is 4.34. The number of hydrogen-bond donors (Lipinski definition) is 3. The molecule has 0 aromatic rings. The van der Waals surface area contributed by atoms with Crippen LogP contribution in [-0.4, -0.2) is 39.3 Å². The number of allylic oxidation sites excluding steroid dienone is 2. The lowest BCUT2D eigenvalue weighted by Gasteiger charge is -2.20. The third kappa shape index (κ3) is 3.98. The number of hydrogen-bond acceptors (Lipinski definition) is 4. The Morgan fingerprint density at radius 2 is 2.40 bits per heavy atom. The second-order valence-corrected chi connectivity index (χ2v) is 5.27. The van der Waals surface area contributed by atoms with Crippen molar-refractivity contribution in [1.82, 2.24) is 0 Å². The molecule has 0 amide bonds. The molecule has 3 unspecified atom stereocenters. The van der Waals surface area contributed by atoms with Crippen LogP contribution >= 0.6 is 27.7 Å². The van der Waals surface area contributed by atoms with Crippen molar-refractivity contribution in [1.29, 1.82) is 0 Å². The minimum atomic E-state index is -1.02. The van der Waals surface area contributed by atoms with Gasteiger partial charge in [0.2, 0.25) is 0 Å². The summed E-state index contributed by atoms with van der Waals surface area (Å²) in [7, 11) is 0. The Hall–Kier alpha value is -0.300. The number of aliphatic carboxylic acids is 1. The van der Waals surface area contributed by atoms with Gasteiger partial charge in [0.05, 0.1) is 11.4 Å². The monoisotopic (exact) mass is 293 g/mol. The molecular weight excluding hydrogens is 282 g/mol. The topological polar surface area (TPSA) is 83.5 Å². The van der Waals surface area contributed by atoms with E-state index in [1.165, 1.54) is 11.8 Å². The van der Waals surface area contributed by atoms with E-state index in [1.54, 1.807) is 6.08 Å². The maximum absolute atomic E-state index is 10.5.